The Labute approximate surface area is 142 Å². The molecule has 1 aliphatic heterocycles. The van der Waals surface area contributed by atoms with Crippen LogP contribution in [0.5, 0.6) is 0 Å². The summed E-state index contributed by atoms with van der Waals surface area (Å²) in [6.07, 6.45) is 2.58. The number of nitrogens with zero attached hydrogens (tertiary/aromatic N) is 2. The smallest absolute Gasteiger partial charge is 0.108 e. The van der Waals surface area contributed by atoms with Crippen LogP contribution in [-0.2, 0) is 6.54 Å². The number of piperidine rings is 1. The van der Waals surface area contributed by atoms with Crippen LogP contribution in [0.1, 0.15) is 24.8 Å². The number of para-hydroxylation sites is 1. The Morgan fingerprint density at radius 1 is 1.33 bits per heavy atom. The molecule has 1 aromatic carbocycles. The molecule has 0 aliphatic carbocycles. The van der Waals surface area contributed by atoms with Crippen LogP contribution >= 0.6 is 36.2 Å². The summed E-state index contributed by atoms with van der Waals surface area (Å²) in [5.74, 6) is 0.702. The van der Waals surface area contributed by atoms with Crippen LogP contribution in [0.25, 0.3) is 10.2 Å². The maximum absolute atomic E-state index is 5.95. The first kappa shape index (κ1) is 18.7. The average Bonchev–Trinajstić information content (AvgIpc) is 2.81. The van der Waals surface area contributed by atoms with Gasteiger partial charge in [-0.1, -0.05) is 19.1 Å². The van der Waals surface area contributed by atoms with Gasteiger partial charge in [-0.2, -0.15) is 0 Å². The van der Waals surface area contributed by atoms with Crippen LogP contribution in [0.3, 0.4) is 0 Å². The van der Waals surface area contributed by atoms with Gasteiger partial charge in [0.2, 0.25) is 0 Å². The molecule has 21 heavy (non-hydrogen) atoms. The number of likely N-dealkylation sites (tertiary alicyclic amines) is 1. The number of rotatable bonds is 3. The van der Waals surface area contributed by atoms with Crippen molar-refractivity contribution in [2.24, 2.45) is 11.7 Å². The summed E-state index contributed by atoms with van der Waals surface area (Å²) >= 11 is 1.81. The van der Waals surface area contributed by atoms with Crippen LogP contribution in [-0.4, -0.2) is 29.0 Å². The molecule has 1 saturated heterocycles. The number of benzene rings is 1. The summed E-state index contributed by atoms with van der Waals surface area (Å²) in [5.41, 5.74) is 7.08. The van der Waals surface area contributed by atoms with E-state index in [1.807, 2.05) is 11.3 Å². The van der Waals surface area contributed by atoms with Gasteiger partial charge in [-0.15, -0.1) is 36.2 Å². The Hall–Kier alpha value is -0.390. The summed E-state index contributed by atoms with van der Waals surface area (Å²) < 4.78 is 1.28. The topological polar surface area (TPSA) is 42.2 Å². The zero-order chi connectivity index (χ0) is 13.2. The molecule has 1 fully saturated rings. The molecule has 0 spiro atoms. The molecule has 3 nitrogen and oxygen atoms in total. The number of aromatic nitrogens is 1. The van der Waals surface area contributed by atoms with E-state index in [0.717, 1.165) is 25.2 Å². The normalized spacial score (nSPS) is 22.6. The van der Waals surface area contributed by atoms with E-state index in [2.05, 4.69) is 36.1 Å². The summed E-state index contributed by atoms with van der Waals surface area (Å²) in [4.78, 5) is 7.26. The van der Waals surface area contributed by atoms with Crippen molar-refractivity contribution < 1.29 is 0 Å². The van der Waals surface area contributed by atoms with Crippen molar-refractivity contribution in [1.82, 2.24) is 9.88 Å². The molecule has 1 aliphatic rings. The molecule has 0 radical (unpaired) electrons. The highest BCUT2D eigenvalue weighted by atomic mass is 35.5. The quantitative estimate of drug-likeness (QED) is 0.920. The van der Waals surface area contributed by atoms with Crippen LogP contribution < -0.4 is 5.73 Å². The lowest BCUT2D eigenvalue weighted by Gasteiger charge is -2.38. The molecule has 0 bridgehead atoms. The minimum Gasteiger partial charge on any atom is -0.329 e. The molecule has 1 aromatic heterocycles. The summed E-state index contributed by atoms with van der Waals surface area (Å²) in [7, 11) is 0. The molecule has 2 atom stereocenters. The number of nitrogens with two attached hydrogens (primary N) is 1. The summed E-state index contributed by atoms with van der Waals surface area (Å²) in [5, 5.41) is 1.22. The van der Waals surface area contributed by atoms with Crippen LogP contribution in [0.15, 0.2) is 24.3 Å². The standard InChI is InChI=1S/C15H21N3S.2ClH/c1-11-5-4-8-18(13(11)9-16)10-15-17-12-6-2-3-7-14(12)19-15;;/h2-3,6-7,11,13H,4-5,8-10,16H2,1H3;2*1H. The van der Waals surface area contributed by atoms with Gasteiger partial charge in [0, 0.05) is 12.6 Å². The molecule has 3 rings (SSSR count). The molecule has 0 saturated carbocycles. The predicted octanol–water partition coefficient (Wildman–Crippen LogP) is 3.70. The van der Waals surface area contributed by atoms with Crippen molar-refractivity contribution in [3.8, 4) is 0 Å². The lowest BCUT2D eigenvalue weighted by atomic mass is 9.91. The van der Waals surface area contributed by atoms with Gasteiger partial charge in [-0.3, -0.25) is 4.90 Å². The molecule has 2 unspecified atom stereocenters. The second kappa shape index (κ2) is 8.30. The Morgan fingerprint density at radius 3 is 2.81 bits per heavy atom. The predicted molar refractivity (Wildman–Crippen MR) is 95.8 cm³/mol. The molecular formula is C15H23Cl2N3S. The van der Waals surface area contributed by atoms with E-state index in [1.165, 1.54) is 22.5 Å². The number of halogens is 2. The van der Waals surface area contributed by atoms with Gasteiger partial charge in [0.25, 0.3) is 0 Å². The summed E-state index contributed by atoms with van der Waals surface area (Å²) in [6.45, 7) is 5.18. The number of thiazole rings is 1. The number of fused-ring (bicyclic) bond motifs is 1. The maximum Gasteiger partial charge on any atom is 0.108 e. The zero-order valence-corrected chi connectivity index (χ0v) is 14.6. The third kappa shape index (κ3) is 4.08. The second-order valence-corrected chi connectivity index (χ2v) is 6.58. The van der Waals surface area contributed by atoms with Gasteiger partial charge in [0.15, 0.2) is 0 Å². The first-order valence-corrected chi connectivity index (χ1v) is 7.88. The third-order valence-corrected chi connectivity index (χ3v) is 5.17. The van der Waals surface area contributed by atoms with Crippen molar-refractivity contribution in [3.63, 3.8) is 0 Å². The number of hydrogen-bond acceptors (Lipinski definition) is 4. The highest BCUT2D eigenvalue weighted by Crippen LogP contribution is 2.27. The van der Waals surface area contributed by atoms with E-state index in [1.54, 1.807) is 0 Å². The minimum atomic E-state index is 0. The fraction of sp³-hybridized carbons (Fsp3) is 0.533. The molecule has 2 heterocycles. The first-order chi connectivity index (χ1) is 9.28. The van der Waals surface area contributed by atoms with E-state index in [9.17, 15) is 0 Å². The Morgan fingerprint density at radius 2 is 2.10 bits per heavy atom. The highest BCUT2D eigenvalue weighted by Gasteiger charge is 2.27. The lowest BCUT2D eigenvalue weighted by Crippen LogP contribution is -2.47. The Bertz CT molecular complexity index is 528. The maximum atomic E-state index is 5.95. The SMILES string of the molecule is CC1CCCN(Cc2nc3ccccc3s2)C1CN.Cl.Cl. The largest absolute Gasteiger partial charge is 0.329 e. The van der Waals surface area contributed by atoms with E-state index >= 15 is 0 Å². The average molecular weight is 348 g/mol. The lowest BCUT2D eigenvalue weighted by molar-refractivity contribution is 0.0990. The van der Waals surface area contributed by atoms with Crippen molar-refractivity contribution in [2.45, 2.75) is 32.4 Å². The van der Waals surface area contributed by atoms with E-state index in [4.69, 9.17) is 10.7 Å². The Balaban J connectivity index is 0.00000110. The Kier molecular flexibility index (Phi) is 7.37. The molecular weight excluding hydrogens is 325 g/mol. The van der Waals surface area contributed by atoms with Gasteiger partial charge in [-0.25, -0.2) is 4.98 Å². The third-order valence-electron chi connectivity index (χ3n) is 4.15. The van der Waals surface area contributed by atoms with Gasteiger partial charge >= 0.3 is 0 Å². The van der Waals surface area contributed by atoms with Crippen LogP contribution in [0.2, 0.25) is 0 Å². The van der Waals surface area contributed by atoms with Crippen LogP contribution in [0.4, 0.5) is 0 Å². The first-order valence-electron chi connectivity index (χ1n) is 7.06. The second-order valence-electron chi connectivity index (χ2n) is 5.47. The fourth-order valence-corrected chi connectivity index (χ4v) is 4.07. The molecule has 118 valence electrons. The van der Waals surface area contributed by atoms with Crippen molar-refractivity contribution in [2.75, 3.05) is 13.1 Å². The monoisotopic (exact) mass is 347 g/mol. The van der Waals surface area contributed by atoms with Crippen molar-refractivity contribution in [1.29, 1.82) is 0 Å². The van der Waals surface area contributed by atoms with Crippen molar-refractivity contribution >= 4 is 46.4 Å². The van der Waals surface area contributed by atoms with Gasteiger partial charge in [0.1, 0.15) is 5.01 Å². The summed E-state index contributed by atoms with van der Waals surface area (Å²) in [6, 6.07) is 8.89. The zero-order valence-electron chi connectivity index (χ0n) is 12.2. The van der Waals surface area contributed by atoms with Crippen molar-refractivity contribution in [3.05, 3.63) is 29.3 Å². The van der Waals surface area contributed by atoms with Gasteiger partial charge in [-0.05, 0) is 37.4 Å². The van der Waals surface area contributed by atoms with E-state index < -0.39 is 0 Å². The van der Waals surface area contributed by atoms with Gasteiger partial charge in [0.05, 0.1) is 16.8 Å². The fourth-order valence-electron chi connectivity index (χ4n) is 3.07. The van der Waals surface area contributed by atoms with Crippen LogP contribution in [0, 0.1) is 5.92 Å². The van der Waals surface area contributed by atoms with E-state index in [0.29, 0.717) is 12.0 Å². The number of hydrogen-bond donors (Lipinski definition) is 1. The molecule has 2 N–H and O–H groups in total. The molecule has 2 aromatic rings. The highest BCUT2D eigenvalue weighted by molar-refractivity contribution is 7.18. The van der Waals surface area contributed by atoms with E-state index in [-0.39, 0.29) is 24.8 Å². The molecule has 6 heteroatoms. The van der Waals surface area contributed by atoms with Gasteiger partial charge < -0.3 is 5.73 Å². The molecule has 0 amide bonds. The minimum absolute atomic E-state index is 0.